The fourth-order valence-corrected chi connectivity index (χ4v) is 1.70. The number of nitrogens with one attached hydrogen (secondary N) is 1. The van der Waals surface area contributed by atoms with Gasteiger partial charge in [0.1, 0.15) is 0 Å². The van der Waals surface area contributed by atoms with Gasteiger partial charge in [0.05, 0.1) is 19.6 Å². The fourth-order valence-electron chi connectivity index (χ4n) is 1.70. The molecule has 1 aromatic carbocycles. The number of carbonyl (C=O) groups is 1. The zero-order valence-electron chi connectivity index (χ0n) is 12.4. The molecule has 1 amide bonds. The molecule has 5 heteroatoms. The van der Waals surface area contributed by atoms with E-state index in [4.69, 9.17) is 15.2 Å². The summed E-state index contributed by atoms with van der Waals surface area (Å²) in [5, 5.41) is 3.34. The molecular formula is C15H24N2O3. The summed E-state index contributed by atoms with van der Waals surface area (Å²) in [6.07, 6.45) is 0.192. The van der Waals surface area contributed by atoms with Gasteiger partial charge >= 0.3 is 0 Å². The number of benzene rings is 1. The monoisotopic (exact) mass is 280 g/mol. The molecule has 0 aliphatic carbocycles. The SMILES string of the molecule is CCOc1cccc(CNC(C)C)c1OCCC(N)=O. The van der Waals surface area contributed by atoms with E-state index in [0.717, 1.165) is 5.56 Å². The normalized spacial score (nSPS) is 10.6. The van der Waals surface area contributed by atoms with E-state index >= 15 is 0 Å². The van der Waals surface area contributed by atoms with Crippen LogP contribution in [-0.2, 0) is 11.3 Å². The molecule has 112 valence electrons. The van der Waals surface area contributed by atoms with Crippen molar-refractivity contribution < 1.29 is 14.3 Å². The molecular weight excluding hydrogens is 256 g/mol. The molecule has 0 saturated carbocycles. The molecule has 0 bridgehead atoms. The summed E-state index contributed by atoms with van der Waals surface area (Å²) in [6, 6.07) is 6.16. The van der Waals surface area contributed by atoms with Crippen LogP contribution in [-0.4, -0.2) is 25.2 Å². The predicted molar refractivity (Wildman–Crippen MR) is 78.9 cm³/mol. The Labute approximate surface area is 120 Å². The van der Waals surface area contributed by atoms with Gasteiger partial charge in [-0.1, -0.05) is 26.0 Å². The molecule has 20 heavy (non-hydrogen) atoms. The van der Waals surface area contributed by atoms with Gasteiger partial charge in [-0.2, -0.15) is 0 Å². The first-order chi connectivity index (χ1) is 9.54. The van der Waals surface area contributed by atoms with Crippen LogP contribution in [0, 0.1) is 0 Å². The molecule has 0 radical (unpaired) electrons. The van der Waals surface area contributed by atoms with Crippen LogP contribution in [0.4, 0.5) is 0 Å². The second-order valence-corrected chi connectivity index (χ2v) is 4.78. The zero-order chi connectivity index (χ0) is 15.0. The van der Waals surface area contributed by atoms with Crippen LogP contribution in [0.25, 0.3) is 0 Å². The van der Waals surface area contributed by atoms with Crippen LogP contribution in [0.3, 0.4) is 0 Å². The summed E-state index contributed by atoms with van der Waals surface area (Å²) in [7, 11) is 0. The molecule has 0 aliphatic heterocycles. The minimum absolute atomic E-state index is 0.192. The number of rotatable bonds is 9. The first-order valence-corrected chi connectivity index (χ1v) is 6.93. The number of para-hydroxylation sites is 1. The Morgan fingerprint density at radius 3 is 2.70 bits per heavy atom. The zero-order valence-corrected chi connectivity index (χ0v) is 12.4. The van der Waals surface area contributed by atoms with Crippen LogP contribution in [0.15, 0.2) is 18.2 Å². The van der Waals surface area contributed by atoms with Gasteiger partial charge in [-0.05, 0) is 13.0 Å². The van der Waals surface area contributed by atoms with Crippen LogP contribution < -0.4 is 20.5 Å². The number of hydrogen-bond acceptors (Lipinski definition) is 4. The van der Waals surface area contributed by atoms with E-state index in [9.17, 15) is 4.79 Å². The summed E-state index contributed by atoms with van der Waals surface area (Å²) >= 11 is 0. The Balaban J connectivity index is 2.84. The topological polar surface area (TPSA) is 73.6 Å². The van der Waals surface area contributed by atoms with E-state index in [1.807, 2.05) is 25.1 Å². The fraction of sp³-hybridized carbons (Fsp3) is 0.533. The highest BCUT2D eigenvalue weighted by Crippen LogP contribution is 2.31. The molecule has 3 N–H and O–H groups in total. The Hall–Kier alpha value is -1.75. The number of hydrogen-bond donors (Lipinski definition) is 2. The largest absolute Gasteiger partial charge is 0.490 e. The second kappa shape index (κ2) is 8.43. The van der Waals surface area contributed by atoms with E-state index in [1.165, 1.54) is 0 Å². The molecule has 0 aromatic heterocycles. The maximum atomic E-state index is 10.8. The average Bonchev–Trinajstić information content (AvgIpc) is 2.38. The van der Waals surface area contributed by atoms with Gasteiger partial charge in [-0.3, -0.25) is 4.79 Å². The second-order valence-electron chi connectivity index (χ2n) is 4.78. The first kappa shape index (κ1) is 16.3. The molecule has 5 nitrogen and oxygen atoms in total. The van der Waals surface area contributed by atoms with Gasteiger partial charge < -0.3 is 20.5 Å². The van der Waals surface area contributed by atoms with Crippen LogP contribution in [0.1, 0.15) is 32.8 Å². The lowest BCUT2D eigenvalue weighted by Gasteiger charge is -2.17. The van der Waals surface area contributed by atoms with E-state index in [1.54, 1.807) is 0 Å². The number of nitrogens with two attached hydrogens (primary N) is 1. The number of carbonyl (C=O) groups excluding carboxylic acids is 1. The van der Waals surface area contributed by atoms with Crippen molar-refractivity contribution in [3.05, 3.63) is 23.8 Å². The maximum absolute atomic E-state index is 10.8. The summed E-state index contributed by atoms with van der Waals surface area (Å²) in [4.78, 5) is 10.8. The lowest BCUT2D eigenvalue weighted by molar-refractivity contribution is -0.118. The molecule has 0 unspecified atom stereocenters. The molecule has 0 spiro atoms. The summed E-state index contributed by atoms with van der Waals surface area (Å²) < 4.78 is 11.3. The van der Waals surface area contributed by atoms with Crippen LogP contribution >= 0.6 is 0 Å². The number of amides is 1. The summed E-state index contributed by atoms with van der Waals surface area (Å²) in [6.45, 7) is 7.60. The van der Waals surface area contributed by atoms with Crippen molar-refractivity contribution >= 4 is 5.91 Å². The number of primary amides is 1. The minimum Gasteiger partial charge on any atom is -0.490 e. The molecule has 0 heterocycles. The predicted octanol–water partition coefficient (Wildman–Crippen LogP) is 1.84. The molecule has 0 atom stereocenters. The Kier molecular flexibility index (Phi) is 6.87. The molecule has 1 aromatic rings. The van der Waals surface area contributed by atoms with Gasteiger partial charge in [-0.15, -0.1) is 0 Å². The van der Waals surface area contributed by atoms with E-state index in [2.05, 4.69) is 19.2 Å². The molecule has 0 saturated heterocycles. The van der Waals surface area contributed by atoms with Crippen molar-refractivity contribution in [2.75, 3.05) is 13.2 Å². The standard InChI is InChI=1S/C15H24N2O3/c1-4-19-13-7-5-6-12(10-17-11(2)3)15(13)20-9-8-14(16)18/h5-7,11,17H,4,8-10H2,1-3H3,(H2,16,18). The summed E-state index contributed by atoms with van der Waals surface area (Å²) in [5.74, 6) is 1.00. The lowest BCUT2D eigenvalue weighted by atomic mass is 10.1. The van der Waals surface area contributed by atoms with Crippen molar-refractivity contribution in [1.82, 2.24) is 5.32 Å². The highest BCUT2D eigenvalue weighted by molar-refractivity contribution is 5.73. The van der Waals surface area contributed by atoms with E-state index in [-0.39, 0.29) is 18.9 Å². The average molecular weight is 280 g/mol. The van der Waals surface area contributed by atoms with Crippen molar-refractivity contribution in [1.29, 1.82) is 0 Å². The van der Waals surface area contributed by atoms with Gasteiger partial charge in [0.2, 0.25) is 5.91 Å². The third-order valence-corrected chi connectivity index (χ3v) is 2.66. The van der Waals surface area contributed by atoms with Crippen LogP contribution in [0.5, 0.6) is 11.5 Å². The number of ether oxygens (including phenoxy) is 2. The Morgan fingerprint density at radius 1 is 1.35 bits per heavy atom. The maximum Gasteiger partial charge on any atom is 0.220 e. The smallest absolute Gasteiger partial charge is 0.220 e. The highest BCUT2D eigenvalue weighted by atomic mass is 16.5. The minimum atomic E-state index is -0.374. The quantitative estimate of drug-likeness (QED) is 0.724. The lowest BCUT2D eigenvalue weighted by Crippen LogP contribution is -2.22. The van der Waals surface area contributed by atoms with E-state index < -0.39 is 0 Å². The molecule has 1 rings (SSSR count). The molecule has 0 fully saturated rings. The van der Waals surface area contributed by atoms with Crippen molar-refractivity contribution in [2.24, 2.45) is 5.73 Å². The highest BCUT2D eigenvalue weighted by Gasteiger charge is 2.11. The van der Waals surface area contributed by atoms with E-state index in [0.29, 0.717) is 30.7 Å². The van der Waals surface area contributed by atoms with Crippen molar-refractivity contribution in [3.8, 4) is 11.5 Å². The van der Waals surface area contributed by atoms with Crippen LogP contribution in [0.2, 0.25) is 0 Å². The van der Waals surface area contributed by atoms with Gasteiger partial charge in [0, 0.05) is 18.2 Å². The Morgan fingerprint density at radius 2 is 2.10 bits per heavy atom. The van der Waals surface area contributed by atoms with Crippen molar-refractivity contribution in [2.45, 2.75) is 39.8 Å². The first-order valence-electron chi connectivity index (χ1n) is 6.93. The third kappa shape index (κ3) is 5.48. The van der Waals surface area contributed by atoms with Gasteiger partial charge in [0.15, 0.2) is 11.5 Å². The van der Waals surface area contributed by atoms with Crippen molar-refractivity contribution in [3.63, 3.8) is 0 Å². The van der Waals surface area contributed by atoms with Gasteiger partial charge in [-0.25, -0.2) is 0 Å². The Bertz CT molecular complexity index is 433. The third-order valence-electron chi connectivity index (χ3n) is 2.66. The van der Waals surface area contributed by atoms with Gasteiger partial charge in [0.25, 0.3) is 0 Å². The molecule has 0 aliphatic rings. The summed E-state index contributed by atoms with van der Waals surface area (Å²) in [5.41, 5.74) is 6.14.